The Morgan fingerprint density at radius 1 is 1.18 bits per heavy atom. The Morgan fingerprint density at radius 3 is 2.73 bits per heavy atom. The Balaban J connectivity index is 1.48. The van der Waals surface area contributed by atoms with Gasteiger partial charge in [-0.25, -0.2) is 0 Å². The van der Waals surface area contributed by atoms with Crippen molar-refractivity contribution in [2.45, 2.75) is 30.9 Å². The van der Waals surface area contributed by atoms with Crippen LogP contribution in [0.15, 0.2) is 34.9 Å². The van der Waals surface area contributed by atoms with Crippen LogP contribution in [-0.2, 0) is 22.0 Å². The number of ether oxygens (including phenoxy) is 1. The number of aryl methyl sites for hydroxylation is 1. The number of nitrogens with zero attached hydrogens (tertiary/aromatic N) is 2. The van der Waals surface area contributed by atoms with Crippen LogP contribution in [0.5, 0.6) is 0 Å². The summed E-state index contributed by atoms with van der Waals surface area (Å²) < 4.78 is 22.8. The standard InChI is InChI=1S/C16H20N2O3S/c19-22(14-8-10-20-11-9-14)12-4-7-15-17-16(18-21-15)13-5-2-1-3-6-13/h1-3,5-6,14H,4,7-12H2. The van der Waals surface area contributed by atoms with Gasteiger partial charge in [0.15, 0.2) is 0 Å². The van der Waals surface area contributed by atoms with Gasteiger partial charge in [0.05, 0.1) is 0 Å². The van der Waals surface area contributed by atoms with Crippen LogP contribution in [-0.4, -0.2) is 38.6 Å². The minimum Gasteiger partial charge on any atom is -0.381 e. The maximum atomic E-state index is 12.2. The summed E-state index contributed by atoms with van der Waals surface area (Å²) in [5.41, 5.74) is 0.947. The minimum atomic E-state index is -0.779. The van der Waals surface area contributed by atoms with E-state index in [1.807, 2.05) is 30.3 Å². The lowest BCUT2D eigenvalue weighted by atomic mass is 10.2. The molecule has 0 radical (unpaired) electrons. The van der Waals surface area contributed by atoms with Gasteiger partial charge in [0.2, 0.25) is 11.7 Å². The zero-order valence-electron chi connectivity index (χ0n) is 12.4. The molecule has 0 saturated carbocycles. The summed E-state index contributed by atoms with van der Waals surface area (Å²) in [5.74, 6) is 1.91. The number of hydrogen-bond donors (Lipinski definition) is 0. The summed E-state index contributed by atoms with van der Waals surface area (Å²) in [6, 6.07) is 9.75. The Morgan fingerprint density at radius 2 is 1.95 bits per heavy atom. The molecule has 118 valence electrons. The Hall–Kier alpha value is -1.53. The molecule has 1 saturated heterocycles. The molecule has 0 N–H and O–H groups in total. The van der Waals surface area contributed by atoms with Crippen molar-refractivity contribution >= 4 is 10.8 Å². The second-order valence-corrected chi connectivity index (χ2v) is 7.21. The highest BCUT2D eigenvalue weighted by Crippen LogP contribution is 2.17. The van der Waals surface area contributed by atoms with E-state index in [1.54, 1.807) is 0 Å². The second kappa shape index (κ2) is 7.65. The normalized spacial score (nSPS) is 17.5. The number of hydrogen-bond acceptors (Lipinski definition) is 5. The first-order valence-corrected chi connectivity index (χ1v) is 9.04. The van der Waals surface area contributed by atoms with E-state index in [0.717, 1.165) is 38.0 Å². The third-order valence-electron chi connectivity index (χ3n) is 3.78. The van der Waals surface area contributed by atoms with E-state index in [-0.39, 0.29) is 5.25 Å². The summed E-state index contributed by atoms with van der Waals surface area (Å²) in [6.45, 7) is 1.47. The molecule has 1 aromatic heterocycles. The molecule has 0 spiro atoms. The van der Waals surface area contributed by atoms with E-state index in [9.17, 15) is 4.21 Å². The largest absolute Gasteiger partial charge is 0.381 e. The summed E-state index contributed by atoms with van der Waals surface area (Å²) in [4.78, 5) is 4.39. The van der Waals surface area contributed by atoms with Crippen LogP contribution in [0.3, 0.4) is 0 Å². The maximum Gasteiger partial charge on any atom is 0.226 e. The van der Waals surface area contributed by atoms with Gasteiger partial charge in [-0.05, 0) is 19.3 Å². The van der Waals surface area contributed by atoms with Gasteiger partial charge in [0.1, 0.15) is 0 Å². The molecule has 1 aliphatic heterocycles. The molecule has 0 aliphatic carbocycles. The fraction of sp³-hybridized carbons (Fsp3) is 0.500. The molecule has 5 nitrogen and oxygen atoms in total. The minimum absolute atomic E-state index is 0.288. The molecule has 1 unspecified atom stereocenters. The van der Waals surface area contributed by atoms with Crippen molar-refractivity contribution in [3.05, 3.63) is 36.2 Å². The summed E-state index contributed by atoms with van der Waals surface area (Å²) in [7, 11) is -0.779. The zero-order chi connectivity index (χ0) is 15.2. The first kappa shape index (κ1) is 15.4. The molecule has 6 heteroatoms. The average Bonchev–Trinajstić information content (AvgIpc) is 3.05. The lowest BCUT2D eigenvalue weighted by Gasteiger charge is -2.21. The molecular weight excluding hydrogens is 300 g/mol. The summed E-state index contributed by atoms with van der Waals surface area (Å²) >= 11 is 0. The van der Waals surface area contributed by atoms with Gasteiger partial charge in [-0.3, -0.25) is 4.21 Å². The second-order valence-electron chi connectivity index (χ2n) is 5.38. The molecule has 1 aromatic carbocycles. The molecule has 3 rings (SSSR count). The first-order valence-electron chi connectivity index (χ1n) is 7.66. The predicted molar refractivity (Wildman–Crippen MR) is 84.9 cm³/mol. The smallest absolute Gasteiger partial charge is 0.226 e. The first-order chi connectivity index (χ1) is 10.8. The van der Waals surface area contributed by atoms with E-state index < -0.39 is 10.8 Å². The van der Waals surface area contributed by atoms with Crippen molar-refractivity contribution in [3.8, 4) is 11.4 Å². The van der Waals surface area contributed by atoms with Gasteiger partial charge in [-0.2, -0.15) is 4.98 Å². The van der Waals surface area contributed by atoms with Crippen LogP contribution < -0.4 is 0 Å². The number of rotatable bonds is 6. The van der Waals surface area contributed by atoms with Crippen LogP contribution in [0, 0.1) is 0 Å². The van der Waals surface area contributed by atoms with Crippen molar-refractivity contribution in [1.29, 1.82) is 0 Å². The SMILES string of the molecule is O=S(CCCc1nc(-c2ccccc2)no1)C1CCOCC1. The van der Waals surface area contributed by atoms with Gasteiger partial charge in [0.25, 0.3) is 0 Å². The van der Waals surface area contributed by atoms with Gasteiger partial charge >= 0.3 is 0 Å². The topological polar surface area (TPSA) is 65.2 Å². The van der Waals surface area contributed by atoms with Crippen LogP contribution in [0.4, 0.5) is 0 Å². The Labute approximate surface area is 132 Å². The molecule has 22 heavy (non-hydrogen) atoms. The molecule has 0 bridgehead atoms. The zero-order valence-corrected chi connectivity index (χ0v) is 13.3. The van der Waals surface area contributed by atoms with Gasteiger partial charge in [0, 0.05) is 47.0 Å². The Bertz CT molecular complexity index is 609. The molecule has 2 heterocycles. The fourth-order valence-corrected chi connectivity index (χ4v) is 4.01. The van der Waals surface area contributed by atoms with Crippen LogP contribution in [0.1, 0.15) is 25.2 Å². The molecular formula is C16H20N2O3S. The third-order valence-corrected chi connectivity index (χ3v) is 5.68. The lowest BCUT2D eigenvalue weighted by molar-refractivity contribution is 0.0992. The van der Waals surface area contributed by atoms with E-state index >= 15 is 0 Å². The average molecular weight is 320 g/mol. The van der Waals surface area contributed by atoms with E-state index in [1.165, 1.54) is 0 Å². The monoisotopic (exact) mass is 320 g/mol. The highest BCUT2D eigenvalue weighted by atomic mass is 32.2. The van der Waals surface area contributed by atoms with Crippen LogP contribution >= 0.6 is 0 Å². The number of aromatic nitrogens is 2. The van der Waals surface area contributed by atoms with Crippen molar-refractivity contribution in [2.24, 2.45) is 0 Å². The van der Waals surface area contributed by atoms with Crippen molar-refractivity contribution in [3.63, 3.8) is 0 Å². The van der Waals surface area contributed by atoms with Crippen molar-refractivity contribution < 1.29 is 13.5 Å². The summed E-state index contributed by atoms with van der Waals surface area (Å²) in [5, 5.41) is 4.28. The van der Waals surface area contributed by atoms with E-state index in [4.69, 9.17) is 9.26 Å². The molecule has 0 amide bonds. The molecule has 2 aromatic rings. The maximum absolute atomic E-state index is 12.2. The molecule has 1 fully saturated rings. The van der Waals surface area contributed by atoms with Crippen LogP contribution in [0.2, 0.25) is 0 Å². The summed E-state index contributed by atoms with van der Waals surface area (Å²) in [6.07, 6.45) is 3.30. The molecule has 1 atom stereocenters. The van der Waals surface area contributed by atoms with Gasteiger partial charge in [-0.1, -0.05) is 35.5 Å². The van der Waals surface area contributed by atoms with Crippen molar-refractivity contribution in [2.75, 3.05) is 19.0 Å². The highest BCUT2D eigenvalue weighted by Gasteiger charge is 2.20. The van der Waals surface area contributed by atoms with Gasteiger partial charge in [-0.15, -0.1) is 0 Å². The van der Waals surface area contributed by atoms with Gasteiger partial charge < -0.3 is 9.26 Å². The quantitative estimate of drug-likeness (QED) is 0.818. The Kier molecular flexibility index (Phi) is 5.34. The van der Waals surface area contributed by atoms with Crippen molar-refractivity contribution in [1.82, 2.24) is 10.1 Å². The fourth-order valence-electron chi connectivity index (χ4n) is 2.53. The van der Waals surface area contributed by atoms with E-state index in [0.29, 0.717) is 23.9 Å². The lowest BCUT2D eigenvalue weighted by Crippen LogP contribution is -2.26. The number of benzene rings is 1. The van der Waals surface area contributed by atoms with E-state index in [2.05, 4.69) is 10.1 Å². The predicted octanol–water partition coefficient (Wildman–Crippen LogP) is 2.60. The highest BCUT2D eigenvalue weighted by molar-refractivity contribution is 7.85. The third kappa shape index (κ3) is 4.01. The van der Waals surface area contributed by atoms with Crippen LogP contribution in [0.25, 0.3) is 11.4 Å². The molecule has 1 aliphatic rings.